The minimum Gasteiger partial charge on any atom is -0.493 e. The van der Waals surface area contributed by atoms with Crippen LogP contribution in [0.15, 0.2) is 12.1 Å². The van der Waals surface area contributed by atoms with Gasteiger partial charge in [0.2, 0.25) is 0 Å². The molecule has 0 fully saturated rings. The maximum atomic E-state index is 6.15. The van der Waals surface area contributed by atoms with E-state index >= 15 is 0 Å². The molecule has 0 unspecified atom stereocenters. The molecule has 0 saturated carbocycles. The van der Waals surface area contributed by atoms with Crippen molar-refractivity contribution in [3.8, 4) is 11.5 Å². The first kappa shape index (κ1) is 13.7. The van der Waals surface area contributed by atoms with Gasteiger partial charge in [-0.3, -0.25) is 0 Å². The predicted octanol–water partition coefficient (Wildman–Crippen LogP) is 4.42. The zero-order valence-corrected chi connectivity index (χ0v) is 11.9. The molecule has 0 atom stereocenters. The van der Waals surface area contributed by atoms with Gasteiger partial charge in [0.1, 0.15) is 0 Å². The molecule has 90 valence electrons. The summed E-state index contributed by atoms with van der Waals surface area (Å²) in [6.07, 6.45) is 2.11. The van der Waals surface area contributed by atoms with Crippen molar-refractivity contribution in [2.24, 2.45) is 0 Å². The Hall–Kier alpha value is -0.410. The summed E-state index contributed by atoms with van der Waals surface area (Å²) < 4.78 is 10.9. The summed E-state index contributed by atoms with van der Waals surface area (Å²) in [5.41, 5.74) is 1.07. The molecule has 4 heteroatoms. The maximum absolute atomic E-state index is 6.15. The van der Waals surface area contributed by atoms with E-state index < -0.39 is 0 Å². The molecular weight excluding hydrogens is 291 g/mol. The fraction of sp³-hybridized carbons (Fsp3) is 0.500. The number of hydrogen-bond acceptors (Lipinski definition) is 2. The van der Waals surface area contributed by atoms with E-state index in [1.54, 1.807) is 7.11 Å². The van der Waals surface area contributed by atoms with Crippen molar-refractivity contribution in [2.45, 2.75) is 25.1 Å². The zero-order valence-electron chi connectivity index (χ0n) is 9.56. The number of halogens is 2. The molecule has 0 saturated heterocycles. The van der Waals surface area contributed by atoms with Crippen LogP contribution in [0.5, 0.6) is 11.5 Å². The first-order valence-corrected chi connectivity index (χ1v) is 6.78. The van der Waals surface area contributed by atoms with E-state index in [1.165, 1.54) is 0 Å². The minimum absolute atomic E-state index is 0.602. The topological polar surface area (TPSA) is 18.5 Å². The normalized spacial score (nSPS) is 10.2. The first-order valence-electron chi connectivity index (χ1n) is 5.28. The van der Waals surface area contributed by atoms with Gasteiger partial charge in [0.15, 0.2) is 11.5 Å². The van der Waals surface area contributed by atoms with Crippen molar-refractivity contribution in [3.63, 3.8) is 0 Å². The van der Waals surface area contributed by atoms with Crippen LogP contribution in [0.1, 0.15) is 25.3 Å². The van der Waals surface area contributed by atoms with Gasteiger partial charge in [-0.25, -0.2) is 0 Å². The lowest BCUT2D eigenvalue weighted by molar-refractivity contribution is 0.288. The molecule has 1 rings (SSSR count). The smallest absolute Gasteiger partial charge is 0.179 e. The number of rotatable bonds is 6. The summed E-state index contributed by atoms with van der Waals surface area (Å²) in [4.78, 5) is 0. The Balaban J connectivity index is 2.88. The molecule has 0 aliphatic heterocycles. The van der Waals surface area contributed by atoms with Gasteiger partial charge in [-0.05, 0) is 24.1 Å². The Morgan fingerprint density at radius 3 is 2.69 bits per heavy atom. The van der Waals surface area contributed by atoms with E-state index in [4.69, 9.17) is 21.1 Å². The molecule has 0 bridgehead atoms. The Kier molecular flexibility index (Phi) is 5.99. The van der Waals surface area contributed by atoms with Gasteiger partial charge < -0.3 is 9.47 Å². The monoisotopic (exact) mass is 306 g/mol. The van der Waals surface area contributed by atoms with Crippen LogP contribution < -0.4 is 9.47 Å². The summed E-state index contributed by atoms with van der Waals surface area (Å²) in [5, 5.41) is 1.35. The van der Waals surface area contributed by atoms with Crippen molar-refractivity contribution in [1.29, 1.82) is 0 Å². The average molecular weight is 308 g/mol. The summed E-state index contributed by atoms with van der Waals surface area (Å²) >= 11 is 9.53. The van der Waals surface area contributed by atoms with E-state index in [1.807, 2.05) is 12.1 Å². The Morgan fingerprint density at radius 1 is 1.38 bits per heavy atom. The van der Waals surface area contributed by atoms with Gasteiger partial charge in [0, 0.05) is 5.33 Å². The highest BCUT2D eigenvalue weighted by Gasteiger charge is 2.11. The summed E-state index contributed by atoms with van der Waals surface area (Å²) in [7, 11) is 1.62. The van der Waals surface area contributed by atoms with Crippen molar-refractivity contribution in [2.75, 3.05) is 13.7 Å². The van der Waals surface area contributed by atoms with Gasteiger partial charge in [0.25, 0.3) is 0 Å². The van der Waals surface area contributed by atoms with Crippen LogP contribution in [-0.2, 0) is 5.33 Å². The SMILES string of the molecule is CCCCOc1c(Cl)cc(CBr)cc1OC. The lowest BCUT2D eigenvalue weighted by Crippen LogP contribution is -2.00. The highest BCUT2D eigenvalue weighted by Crippen LogP contribution is 2.37. The van der Waals surface area contributed by atoms with E-state index in [9.17, 15) is 0 Å². The second kappa shape index (κ2) is 7.02. The van der Waals surface area contributed by atoms with Gasteiger partial charge in [-0.2, -0.15) is 0 Å². The average Bonchev–Trinajstić information content (AvgIpc) is 2.30. The summed E-state index contributed by atoms with van der Waals surface area (Å²) in [5.74, 6) is 1.33. The quantitative estimate of drug-likeness (QED) is 0.572. The van der Waals surface area contributed by atoms with E-state index in [0.29, 0.717) is 23.1 Å². The number of ether oxygens (including phenoxy) is 2. The van der Waals surface area contributed by atoms with Crippen molar-refractivity contribution >= 4 is 27.5 Å². The minimum atomic E-state index is 0.602. The summed E-state index contributed by atoms with van der Waals surface area (Å²) in [6, 6.07) is 3.82. The number of alkyl halides is 1. The molecule has 0 heterocycles. The Morgan fingerprint density at radius 2 is 2.12 bits per heavy atom. The second-order valence-corrected chi connectivity index (χ2v) is 4.41. The van der Waals surface area contributed by atoms with E-state index in [0.717, 1.165) is 23.7 Å². The lowest BCUT2D eigenvalue weighted by atomic mass is 10.2. The second-order valence-electron chi connectivity index (χ2n) is 3.44. The molecule has 1 aromatic carbocycles. The van der Waals surface area contributed by atoms with Gasteiger partial charge >= 0.3 is 0 Å². The molecule has 0 amide bonds. The zero-order chi connectivity index (χ0) is 12.0. The maximum Gasteiger partial charge on any atom is 0.179 e. The third-order valence-corrected chi connectivity index (χ3v) is 3.12. The molecule has 0 radical (unpaired) electrons. The lowest BCUT2D eigenvalue weighted by Gasteiger charge is -2.13. The Bertz CT molecular complexity index is 342. The van der Waals surface area contributed by atoms with Crippen LogP contribution in [0.25, 0.3) is 0 Å². The predicted molar refractivity (Wildman–Crippen MR) is 71.0 cm³/mol. The third kappa shape index (κ3) is 3.56. The molecule has 0 aliphatic carbocycles. The van der Waals surface area contributed by atoms with E-state index in [2.05, 4.69) is 22.9 Å². The fourth-order valence-corrected chi connectivity index (χ4v) is 1.92. The van der Waals surface area contributed by atoms with Crippen LogP contribution in [-0.4, -0.2) is 13.7 Å². The van der Waals surface area contributed by atoms with Crippen LogP contribution in [0.4, 0.5) is 0 Å². The van der Waals surface area contributed by atoms with Gasteiger partial charge in [0.05, 0.1) is 18.7 Å². The van der Waals surface area contributed by atoms with Crippen LogP contribution in [0.3, 0.4) is 0 Å². The number of hydrogen-bond donors (Lipinski definition) is 0. The van der Waals surface area contributed by atoms with E-state index in [-0.39, 0.29) is 0 Å². The number of methoxy groups -OCH3 is 1. The fourth-order valence-electron chi connectivity index (χ4n) is 1.31. The molecule has 2 nitrogen and oxygen atoms in total. The standard InChI is InChI=1S/C12H16BrClO2/c1-3-4-5-16-12-10(14)6-9(8-13)7-11(12)15-2/h6-7H,3-5,8H2,1-2H3. The molecule has 1 aromatic rings. The largest absolute Gasteiger partial charge is 0.493 e. The van der Waals surface area contributed by atoms with Crippen molar-refractivity contribution in [1.82, 2.24) is 0 Å². The van der Waals surface area contributed by atoms with Crippen LogP contribution in [0, 0.1) is 0 Å². The van der Waals surface area contributed by atoms with Crippen molar-refractivity contribution < 1.29 is 9.47 Å². The molecule has 0 aliphatic rings. The molecular formula is C12H16BrClO2. The number of benzene rings is 1. The molecule has 16 heavy (non-hydrogen) atoms. The highest BCUT2D eigenvalue weighted by atomic mass is 79.9. The first-order chi connectivity index (χ1) is 7.72. The van der Waals surface area contributed by atoms with Gasteiger partial charge in [-0.15, -0.1) is 0 Å². The molecule has 0 spiro atoms. The third-order valence-electron chi connectivity index (χ3n) is 2.19. The number of unbranched alkanes of at least 4 members (excludes halogenated alkanes) is 1. The summed E-state index contributed by atoms with van der Waals surface area (Å²) in [6.45, 7) is 2.79. The highest BCUT2D eigenvalue weighted by molar-refractivity contribution is 9.08. The molecule has 0 N–H and O–H groups in total. The van der Waals surface area contributed by atoms with Crippen LogP contribution in [0.2, 0.25) is 5.02 Å². The molecule has 0 aromatic heterocycles. The van der Waals surface area contributed by atoms with Gasteiger partial charge in [-0.1, -0.05) is 40.9 Å². The van der Waals surface area contributed by atoms with Crippen molar-refractivity contribution in [3.05, 3.63) is 22.7 Å². The Labute approximate surface area is 110 Å². The van der Waals surface area contributed by atoms with Crippen LogP contribution >= 0.6 is 27.5 Å².